The molecule has 2 heterocycles. The van der Waals surface area contributed by atoms with Gasteiger partial charge in [-0.2, -0.15) is 0 Å². The van der Waals surface area contributed by atoms with Crippen molar-refractivity contribution in [3.8, 4) is 12.3 Å². The van der Waals surface area contributed by atoms with Crippen LogP contribution in [0, 0.1) is 12.3 Å². The van der Waals surface area contributed by atoms with Gasteiger partial charge < -0.3 is 9.64 Å². The highest BCUT2D eigenvalue weighted by molar-refractivity contribution is 6.10. The van der Waals surface area contributed by atoms with E-state index in [1.807, 2.05) is 6.07 Å². The molecule has 1 aromatic heterocycles. The average molecular weight is 322 g/mol. The number of aromatic nitrogens is 1. The summed E-state index contributed by atoms with van der Waals surface area (Å²) in [5.41, 5.74) is 3.96. The molecule has 0 bridgehead atoms. The molecule has 124 valence electrons. The number of methoxy groups -OCH3 is 1. The van der Waals surface area contributed by atoms with Gasteiger partial charge in [0.1, 0.15) is 0 Å². The molecule has 1 fully saturated rings. The Hall–Kier alpha value is -2.38. The summed E-state index contributed by atoms with van der Waals surface area (Å²) < 4.78 is 5.62. The van der Waals surface area contributed by atoms with E-state index < -0.39 is 0 Å². The first-order valence-electron chi connectivity index (χ1n) is 8.17. The van der Waals surface area contributed by atoms with Crippen molar-refractivity contribution in [2.24, 2.45) is 0 Å². The minimum Gasteiger partial charge on any atom is -0.378 e. The van der Waals surface area contributed by atoms with Crippen molar-refractivity contribution >= 4 is 17.6 Å². The number of likely N-dealkylation sites (tertiary alicyclic amines) is 1. The molecule has 1 aliphatic carbocycles. The highest BCUT2D eigenvalue weighted by Gasteiger charge is 2.34. The van der Waals surface area contributed by atoms with Crippen LogP contribution in [0.4, 0.5) is 0 Å². The van der Waals surface area contributed by atoms with Crippen molar-refractivity contribution in [3.63, 3.8) is 0 Å². The summed E-state index contributed by atoms with van der Waals surface area (Å²) in [6.07, 6.45) is 11.3. The fraction of sp³-hybridized carbons (Fsp3) is 0.400. The average Bonchev–Trinajstić information content (AvgIpc) is 2.61. The van der Waals surface area contributed by atoms with Crippen LogP contribution in [0.2, 0.25) is 0 Å². The number of pyridine rings is 1. The lowest BCUT2D eigenvalue weighted by molar-refractivity contribution is -0.114. The van der Waals surface area contributed by atoms with E-state index in [2.05, 4.69) is 29.3 Å². The number of hydrogen-bond acceptors (Lipinski definition) is 4. The predicted octanol–water partition coefficient (Wildman–Crippen LogP) is 2.70. The van der Waals surface area contributed by atoms with Gasteiger partial charge >= 0.3 is 0 Å². The van der Waals surface area contributed by atoms with Crippen LogP contribution in [0.15, 0.2) is 24.4 Å². The van der Waals surface area contributed by atoms with Crippen LogP contribution >= 0.6 is 0 Å². The molecule has 1 aromatic rings. The molecular formula is C20H22N2O2. The highest BCUT2D eigenvalue weighted by Crippen LogP contribution is 2.36. The van der Waals surface area contributed by atoms with Gasteiger partial charge in [0.2, 0.25) is 0 Å². The molecule has 0 atom stereocenters. The zero-order valence-electron chi connectivity index (χ0n) is 14.3. The highest BCUT2D eigenvalue weighted by atomic mass is 16.5. The minimum atomic E-state index is -0.112. The van der Waals surface area contributed by atoms with Crippen molar-refractivity contribution in [2.45, 2.75) is 31.8 Å². The molecule has 0 aromatic carbocycles. The van der Waals surface area contributed by atoms with Gasteiger partial charge in [-0.15, -0.1) is 6.42 Å². The number of ketones is 1. The van der Waals surface area contributed by atoms with Crippen molar-refractivity contribution in [1.29, 1.82) is 0 Å². The molecule has 3 rings (SSSR count). The van der Waals surface area contributed by atoms with Crippen LogP contribution < -0.4 is 0 Å². The molecule has 24 heavy (non-hydrogen) atoms. The van der Waals surface area contributed by atoms with E-state index in [0.29, 0.717) is 12.0 Å². The van der Waals surface area contributed by atoms with E-state index in [1.54, 1.807) is 19.4 Å². The lowest BCUT2D eigenvalue weighted by atomic mass is 9.86. The molecule has 4 nitrogen and oxygen atoms in total. The second kappa shape index (κ2) is 6.26. The zero-order valence-corrected chi connectivity index (χ0v) is 14.3. The quantitative estimate of drug-likeness (QED) is 0.803. The third kappa shape index (κ3) is 2.76. The maximum absolute atomic E-state index is 12.5. The van der Waals surface area contributed by atoms with Crippen molar-refractivity contribution in [1.82, 2.24) is 9.88 Å². The standard InChI is InChI=1S/C20H22N2O2/c1-5-15-12-17-14(13-21-15)11-18(23)16(6-2)19(17)22-9-7-20(3,24-4)8-10-22/h2,5,12-13H,1,7-11H2,3-4H3. The smallest absolute Gasteiger partial charge is 0.177 e. The Morgan fingerprint density at radius 3 is 2.75 bits per heavy atom. The first-order chi connectivity index (χ1) is 11.5. The Labute approximate surface area is 143 Å². The molecule has 0 amide bonds. The summed E-state index contributed by atoms with van der Waals surface area (Å²) in [5.74, 6) is 2.62. The van der Waals surface area contributed by atoms with E-state index in [1.165, 1.54) is 0 Å². The zero-order chi connectivity index (χ0) is 17.3. The van der Waals surface area contributed by atoms with E-state index in [-0.39, 0.29) is 11.4 Å². The lowest BCUT2D eigenvalue weighted by Crippen LogP contribution is -2.43. The monoisotopic (exact) mass is 322 g/mol. The number of hydrogen-bond donors (Lipinski definition) is 0. The van der Waals surface area contributed by atoms with Gasteiger partial charge in [-0.05, 0) is 37.5 Å². The Bertz CT molecular complexity index is 762. The number of Topliss-reactive ketones (excluding diaryl/α,β-unsaturated/α-hetero) is 1. The molecule has 1 aliphatic heterocycles. The fourth-order valence-electron chi connectivity index (χ4n) is 3.39. The number of carbonyl (C=O) groups is 1. The summed E-state index contributed by atoms with van der Waals surface area (Å²) in [7, 11) is 1.75. The van der Waals surface area contributed by atoms with Crippen LogP contribution in [0.3, 0.4) is 0 Å². The Kier molecular flexibility index (Phi) is 4.29. The predicted molar refractivity (Wildman–Crippen MR) is 95.0 cm³/mol. The second-order valence-corrected chi connectivity index (χ2v) is 6.58. The minimum absolute atomic E-state index is 0.00627. The Morgan fingerprint density at radius 1 is 1.46 bits per heavy atom. The van der Waals surface area contributed by atoms with Crippen LogP contribution in [0.25, 0.3) is 11.8 Å². The van der Waals surface area contributed by atoms with Crippen molar-refractivity contribution in [2.75, 3.05) is 20.2 Å². The van der Waals surface area contributed by atoms with Gasteiger partial charge in [-0.3, -0.25) is 9.78 Å². The van der Waals surface area contributed by atoms with Crippen LogP contribution in [0.1, 0.15) is 36.6 Å². The summed E-state index contributed by atoms with van der Waals surface area (Å²) in [6.45, 7) is 7.53. The SMILES string of the molecule is C#CC1=C(N2CCC(C)(OC)CC2)c2cc(C=C)ncc2CC1=O. The number of ether oxygens (including phenoxy) is 1. The Morgan fingerprint density at radius 2 is 2.17 bits per heavy atom. The topological polar surface area (TPSA) is 42.4 Å². The number of nitrogens with zero attached hydrogens (tertiary/aromatic N) is 2. The number of fused-ring (bicyclic) bond motifs is 1. The first kappa shape index (κ1) is 16.5. The van der Waals surface area contributed by atoms with Crippen molar-refractivity contribution in [3.05, 3.63) is 41.2 Å². The third-order valence-corrected chi connectivity index (χ3v) is 5.11. The molecule has 0 N–H and O–H groups in total. The van der Waals surface area contributed by atoms with Crippen LogP contribution in [-0.2, 0) is 16.0 Å². The van der Waals surface area contributed by atoms with Gasteiger partial charge in [0.15, 0.2) is 5.78 Å². The van der Waals surface area contributed by atoms with Crippen LogP contribution in [0.5, 0.6) is 0 Å². The molecule has 1 saturated heterocycles. The maximum Gasteiger partial charge on any atom is 0.177 e. The maximum atomic E-state index is 12.5. The normalized spacial score (nSPS) is 19.7. The van der Waals surface area contributed by atoms with Gasteiger partial charge in [0.25, 0.3) is 0 Å². The fourth-order valence-corrected chi connectivity index (χ4v) is 3.39. The summed E-state index contributed by atoms with van der Waals surface area (Å²) >= 11 is 0. The number of carbonyl (C=O) groups excluding carboxylic acids is 1. The van der Waals surface area contributed by atoms with E-state index in [0.717, 1.165) is 48.4 Å². The number of rotatable bonds is 3. The summed E-state index contributed by atoms with van der Waals surface area (Å²) in [6, 6.07) is 1.98. The van der Waals surface area contributed by atoms with Gasteiger partial charge in [-0.1, -0.05) is 12.5 Å². The van der Waals surface area contributed by atoms with Gasteiger partial charge in [0, 0.05) is 38.4 Å². The number of piperidine rings is 1. The third-order valence-electron chi connectivity index (χ3n) is 5.11. The largest absolute Gasteiger partial charge is 0.378 e. The van der Waals surface area contributed by atoms with E-state index in [9.17, 15) is 4.79 Å². The summed E-state index contributed by atoms with van der Waals surface area (Å²) in [4.78, 5) is 19.0. The summed E-state index contributed by atoms with van der Waals surface area (Å²) in [5, 5.41) is 0. The van der Waals surface area contributed by atoms with E-state index >= 15 is 0 Å². The van der Waals surface area contributed by atoms with Crippen molar-refractivity contribution < 1.29 is 9.53 Å². The van der Waals surface area contributed by atoms with Gasteiger partial charge in [0.05, 0.1) is 22.6 Å². The molecule has 4 heteroatoms. The molecule has 0 unspecified atom stereocenters. The lowest BCUT2D eigenvalue weighted by Gasteiger charge is -2.41. The second-order valence-electron chi connectivity index (χ2n) is 6.58. The molecular weight excluding hydrogens is 300 g/mol. The molecule has 0 radical (unpaired) electrons. The van der Waals surface area contributed by atoms with Gasteiger partial charge in [-0.25, -0.2) is 0 Å². The molecule has 0 spiro atoms. The Balaban J connectivity index is 2.05. The van der Waals surface area contributed by atoms with E-state index in [4.69, 9.17) is 11.2 Å². The first-order valence-corrected chi connectivity index (χ1v) is 8.17. The van der Waals surface area contributed by atoms with Crippen LogP contribution in [-0.4, -0.2) is 41.5 Å². The molecule has 2 aliphatic rings. The number of terminal acetylenes is 1. The molecule has 0 saturated carbocycles. The number of allylic oxidation sites excluding steroid dienone is 1.